The molecule has 2 rings (SSSR count). The summed E-state index contributed by atoms with van der Waals surface area (Å²) >= 11 is 0. The fraction of sp³-hybridized carbons (Fsp3) is 0.143. The zero-order valence-electron chi connectivity index (χ0n) is 10.4. The standard InChI is InChI=1S/C14H10F3NO2/c1-9-5-6-11(8-13(9)18(19)20)10-3-2-4-12(7-10)14(15,16)17/h2-8H,1H3. The molecule has 0 saturated carbocycles. The van der Waals surface area contributed by atoms with Crippen LogP contribution in [0.2, 0.25) is 0 Å². The lowest BCUT2D eigenvalue weighted by molar-refractivity contribution is -0.385. The van der Waals surface area contributed by atoms with E-state index in [4.69, 9.17) is 0 Å². The minimum Gasteiger partial charge on any atom is -0.258 e. The molecule has 0 bridgehead atoms. The molecule has 0 aliphatic rings. The maximum absolute atomic E-state index is 12.6. The molecule has 104 valence electrons. The maximum atomic E-state index is 12.6. The molecule has 0 saturated heterocycles. The minimum absolute atomic E-state index is 0.111. The average Bonchev–Trinajstić information content (AvgIpc) is 2.38. The highest BCUT2D eigenvalue weighted by atomic mass is 19.4. The van der Waals surface area contributed by atoms with Crippen molar-refractivity contribution in [2.24, 2.45) is 0 Å². The second kappa shape index (κ2) is 4.96. The van der Waals surface area contributed by atoms with Gasteiger partial charge < -0.3 is 0 Å². The van der Waals surface area contributed by atoms with E-state index in [1.165, 1.54) is 24.3 Å². The van der Waals surface area contributed by atoms with Crippen LogP contribution in [0.4, 0.5) is 18.9 Å². The average molecular weight is 281 g/mol. The molecule has 0 aromatic heterocycles. The van der Waals surface area contributed by atoms with Crippen LogP contribution in [0.25, 0.3) is 11.1 Å². The third-order valence-corrected chi connectivity index (χ3v) is 2.93. The van der Waals surface area contributed by atoms with Crippen LogP contribution in [-0.2, 0) is 6.18 Å². The molecule has 0 unspecified atom stereocenters. The van der Waals surface area contributed by atoms with Crippen molar-refractivity contribution < 1.29 is 18.1 Å². The number of benzene rings is 2. The van der Waals surface area contributed by atoms with Gasteiger partial charge >= 0.3 is 6.18 Å². The summed E-state index contributed by atoms with van der Waals surface area (Å²) in [5.74, 6) is 0. The van der Waals surface area contributed by atoms with Crippen molar-refractivity contribution in [3.05, 3.63) is 63.7 Å². The van der Waals surface area contributed by atoms with Crippen LogP contribution in [-0.4, -0.2) is 4.92 Å². The molecule has 0 aliphatic carbocycles. The van der Waals surface area contributed by atoms with Crippen LogP contribution in [0, 0.1) is 17.0 Å². The molecular formula is C14H10F3NO2. The van der Waals surface area contributed by atoms with Gasteiger partial charge in [0.2, 0.25) is 0 Å². The fourth-order valence-corrected chi connectivity index (χ4v) is 1.86. The quantitative estimate of drug-likeness (QED) is 0.597. The lowest BCUT2D eigenvalue weighted by atomic mass is 10.0. The van der Waals surface area contributed by atoms with E-state index < -0.39 is 16.7 Å². The molecule has 2 aromatic carbocycles. The van der Waals surface area contributed by atoms with Crippen LogP contribution < -0.4 is 0 Å². The predicted octanol–water partition coefficient (Wildman–Crippen LogP) is 4.59. The van der Waals surface area contributed by atoms with Gasteiger partial charge in [0.15, 0.2) is 0 Å². The number of nitro benzene ring substituents is 1. The first kappa shape index (κ1) is 14.0. The van der Waals surface area contributed by atoms with Gasteiger partial charge in [0.05, 0.1) is 10.5 Å². The Morgan fingerprint density at radius 3 is 2.30 bits per heavy atom. The van der Waals surface area contributed by atoms with Crippen molar-refractivity contribution in [2.75, 3.05) is 0 Å². The first-order valence-corrected chi connectivity index (χ1v) is 5.72. The largest absolute Gasteiger partial charge is 0.416 e. The summed E-state index contributed by atoms with van der Waals surface area (Å²) in [5.41, 5.74) is 0.250. The number of nitro groups is 1. The van der Waals surface area contributed by atoms with Gasteiger partial charge in [0.1, 0.15) is 0 Å². The molecule has 0 radical (unpaired) electrons. The Hall–Kier alpha value is -2.37. The van der Waals surface area contributed by atoms with Gasteiger partial charge in [-0.3, -0.25) is 10.1 Å². The van der Waals surface area contributed by atoms with Gasteiger partial charge in [-0.15, -0.1) is 0 Å². The second-order valence-corrected chi connectivity index (χ2v) is 4.34. The predicted molar refractivity (Wildman–Crippen MR) is 68.3 cm³/mol. The van der Waals surface area contributed by atoms with Gasteiger partial charge in [-0.25, -0.2) is 0 Å². The highest BCUT2D eigenvalue weighted by Gasteiger charge is 2.30. The van der Waals surface area contributed by atoms with Crippen molar-refractivity contribution in [1.82, 2.24) is 0 Å². The Bertz CT molecular complexity index is 666. The number of alkyl halides is 3. The lowest BCUT2D eigenvalue weighted by Gasteiger charge is -2.09. The molecule has 6 heteroatoms. The van der Waals surface area contributed by atoms with Crippen LogP contribution in [0.5, 0.6) is 0 Å². The topological polar surface area (TPSA) is 43.1 Å². The van der Waals surface area contributed by atoms with Crippen LogP contribution >= 0.6 is 0 Å². The first-order valence-electron chi connectivity index (χ1n) is 5.72. The van der Waals surface area contributed by atoms with E-state index in [1.54, 1.807) is 13.0 Å². The Morgan fingerprint density at radius 2 is 1.70 bits per heavy atom. The number of hydrogen-bond donors (Lipinski definition) is 0. The number of rotatable bonds is 2. The lowest BCUT2D eigenvalue weighted by Crippen LogP contribution is -2.04. The number of hydrogen-bond acceptors (Lipinski definition) is 2. The molecule has 0 heterocycles. The van der Waals surface area contributed by atoms with Crippen molar-refractivity contribution in [1.29, 1.82) is 0 Å². The van der Waals surface area contributed by atoms with Crippen molar-refractivity contribution in [3.63, 3.8) is 0 Å². The molecule has 0 fully saturated rings. The Balaban J connectivity index is 2.52. The van der Waals surface area contributed by atoms with E-state index >= 15 is 0 Å². The summed E-state index contributed by atoms with van der Waals surface area (Å²) in [5, 5.41) is 10.9. The van der Waals surface area contributed by atoms with Gasteiger partial charge in [-0.2, -0.15) is 13.2 Å². The number of halogens is 3. The molecule has 0 aliphatic heterocycles. The van der Waals surface area contributed by atoms with E-state index in [1.807, 2.05) is 0 Å². The Kier molecular flexibility index (Phi) is 3.48. The summed E-state index contributed by atoms with van der Waals surface area (Å²) in [6.07, 6.45) is -4.44. The molecular weight excluding hydrogens is 271 g/mol. The van der Waals surface area contributed by atoms with E-state index in [9.17, 15) is 23.3 Å². The molecule has 0 amide bonds. The first-order chi connectivity index (χ1) is 9.29. The third-order valence-electron chi connectivity index (χ3n) is 2.93. The van der Waals surface area contributed by atoms with E-state index in [2.05, 4.69) is 0 Å². The monoisotopic (exact) mass is 281 g/mol. The maximum Gasteiger partial charge on any atom is 0.416 e. The van der Waals surface area contributed by atoms with Crippen molar-refractivity contribution >= 4 is 5.69 Å². The van der Waals surface area contributed by atoms with E-state index in [-0.39, 0.29) is 5.69 Å². The third kappa shape index (κ3) is 2.79. The summed E-state index contributed by atoms with van der Waals surface area (Å²) in [6, 6.07) is 9.09. The smallest absolute Gasteiger partial charge is 0.258 e. The summed E-state index contributed by atoms with van der Waals surface area (Å²) in [7, 11) is 0. The highest BCUT2D eigenvalue weighted by Crippen LogP contribution is 2.33. The van der Waals surface area contributed by atoms with Gasteiger partial charge in [-0.05, 0) is 30.2 Å². The second-order valence-electron chi connectivity index (χ2n) is 4.34. The summed E-state index contributed by atoms with van der Waals surface area (Å²) in [4.78, 5) is 10.3. The zero-order chi connectivity index (χ0) is 14.9. The van der Waals surface area contributed by atoms with E-state index in [0.29, 0.717) is 16.7 Å². The Labute approximate surface area is 112 Å². The normalized spacial score (nSPS) is 11.4. The number of nitrogens with zero attached hydrogens (tertiary/aromatic N) is 1. The molecule has 20 heavy (non-hydrogen) atoms. The molecule has 0 N–H and O–H groups in total. The number of aryl methyl sites for hydroxylation is 1. The highest BCUT2D eigenvalue weighted by molar-refractivity contribution is 5.68. The van der Waals surface area contributed by atoms with Crippen molar-refractivity contribution in [3.8, 4) is 11.1 Å². The summed E-state index contributed by atoms with van der Waals surface area (Å²) in [6.45, 7) is 1.58. The molecule has 2 aromatic rings. The summed E-state index contributed by atoms with van der Waals surface area (Å²) < 4.78 is 37.9. The van der Waals surface area contributed by atoms with Crippen molar-refractivity contribution in [2.45, 2.75) is 13.1 Å². The van der Waals surface area contributed by atoms with E-state index in [0.717, 1.165) is 12.1 Å². The SMILES string of the molecule is Cc1ccc(-c2cccc(C(F)(F)F)c2)cc1[N+](=O)[O-]. The van der Waals surface area contributed by atoms with Gasteiger partial charge in [0.25, 0.3) is 5.69 Å². The molecule has 0 atom stereocenters. The van der Waals surface area contributed by atoms with Gasteiger partial charge in [0, 0.05) is 11.6 Å². The minimum atomic E-state index is -4.44. The van der Waals surface area contributed by atoms with Crippen LogP contribution in [0.1, 0.15) is 11.1 Å². The Morgan fingerprint density at radius 1 is 1.05 bits per heavy atom. The molecule has 3 nitrogen and oxygen atoms in total. The molecule has 0 spiro atoms. The fourth-order valence-electron chi connectivity index (χ4n) is 1.86. The van der Waals surface area contributed by atoms with Crippen LogP contribution in [0.3, 0.4) is 0 Å². The van der Waals surface area contributed by atoms with Gasteiger partial charge in [-0.1, -0.05) is 24.3 Å². The zero-order valence-corrected chi connectivity index (χ0v) is 10.4. The van der Waals surface area contributed by atoms with Crippen LogP contribution in [0.15, 0.2) is 42.5 Å².